The van der Waals surface area contributed by atoms with Crippen LogP contribution in [0.1, 0.15) is 34.3 Å². The third kappa shape index (κ3) is 2.62. The van der Waals surface area contributed by atoms with Crippen molar-refractivity contribution in [2.45, 2.75) is 12.0 Å². The molecule has 27 heavy (non-hydrogen) atoms. The van der Waals surface area contributed by atoms with E-state index in [1.165, 1.54) is 10.9 Å². The van der Waals surface area contributed by atoms with E-state index in [1.807, 2.05) is 42.5 Å². The van der Waals surface area contributed by atoms with Crippen molar-refractivity contribution in [3.63, 3.8) is 0 Å². The van der Waals surface area contributed by atoms with Gasteiger partial charge in [0.1, 0.15) is 5.75 Å². The molecular weight excluding hydrogens is 356 g/mol. The number of nitrogens with one attached hydrogen (secondary N) is 2. The molecule has 3 nitrogen and oxygen atoms in total. The first-order chi connectivity index (χ1) is 13.2. The molecule has 3 N–H and O–H groups in total. The number of H-pyrrole nitrogens is 1. The second-order valence-corrected chi connectivity index (χ2v) is 7.38. The smallest absolute Gasteiger partial charge is 0.120 e. The molecule has 1 aliphatic rings. The van der Waals surface area contributed by atoms with Crippen LogP contribution >= 0.6 is 11.6 Å². The van der Waals surface area contributed by atoms with E-state index in [2.05, 4.69) is 34.6 Å². The SMILES string of the molecule is Oc1ccccc1C1NCC(c2ccccc2Cl)c2c1[nH]c1ccccc21. The van der Waals surface area contributed by atoms with Gasteiger partial charge in [-0.1, -0.05) is 66.2 Å². The summed E-state index contributed by atoms with van der Waals surface area (Å²) in [6.45, 7) is 0.748. The number of halogens is 1. The molecule has 0 spiro atoms. The van der Waals surface area contributed by atoms with Gasteiger partial charge >= 0.3 is 0 Å². The lowest BCUT2D eigenvalue weighted by atomic mass is 9.83. The molecule has 0 aliphatic carbocycles. The van der Waals surface area contributed by atoms with Crippen LogP contribution in [-0.4, -0.2) is 16.6 Å². The van der Waals surface area contributed by atoms with Crippen molar-refractivity contribution in [3.05, 3.63) is 100 Å². The molecule has 2 heterocycles. The fourth-order valence-electron chi connectivity index (χ4n) is 4.25. The summed E-state index contributed by atoms with van der Waals surface area (Å²) in [5, 5.41) is 16.0. The van der Waals surface area contributed by atoms with E-state index in [0.29, 0.717) is 5.75 Å². The van der Waals surface area contributed by atoms with Gasteiger partial charge in [0.05, 0.1) is 6.04 Å². The first-order valence-corrected chi connectivity index (χ1v) is 9.48. The predicted molar refractivity (Wildman–Crippen MR) is 110 cm³/mol. The Labute approximate surface area is 162 Å². The Kier molecular flexibility index (Phi) is 3.92. The van der Waals surface area contributed by atoms with Gasteiger partial charge in [-0.15, -0.1) is 0 Å². The summed E-state index contributed by atoms with van der Waals surface area (Å²) in [5.41, 5.74) is 5.44. The lowest BCUT2D eigenvalue weighted by molar-refractivity contribution is 0.448. The van der Waals surface area contributed by atoms with Crippen LogP contribution in [-0.2, 0) is 0 Å². The average Bonchev–Trinajstić information content (AvgIpc) is 3.08. The topological polar surface area (TPSA) is 48.0 Å². The molecule has 0 radical (unpaired) electrons. The maximum absolute atomic E-state index is 10.4. The second-order valence-electron chi connectivity index (χ2n) is 6.97. The van der Waals surface area contributed by atoms with Gasteiger partial charge in [0, 0.05) is 39.6 Å². The van der Waals surface area contributed by atoms with Crippen LogP contribution in [0.5, 0.6) is 5.75 Å². The Hall–Kier alpha value is -2.75. The summed E-state index contributed by atoms with van der Waals surface area (Å²) >= 11 is 6.54. The monoisotopic (exact) mass is 374 g/mol. The number of aromatic hydroxyl groups is 1. The maximum atomic E-state index is 10.4. The zero-order valence-corrected chi connectivity index (χ0v) is 15.4. The maximum Gasteiger partial charge on any atom is 0.120 e. The first kappa shape index (κ1) is 16.4. The Morgan fingerprint density at radius 2 is 1.56 bits per heavy atom. The fourth-order valence-corrected chi connectivity index (χ4v) is 4.52. The minimum Gasteiger partial charge on any atom is -0.508 e. The van der Waals surface area contributed by atoms with Crippen molar-refractivity contribution in [2.24, 2.45) is 0 Å². The highest BCUT2D eigenvalue weighted by molar-refractivity contribution is 6.31. The Bertz CT molecular complexity index is 1130. The highest BCUT2D eigenvalue weighted by atomic mass is 35.5. The molecule has 5 rings (SSSR count). The van der Waals surface area contributed by atoms with Crippen LogP contribution in [0, 0.1) is 0 Å². The Morgan fingerprint density at radius 1 is 0.852 bits per heavy atom. The molecule has 2 unspecified atom stereocenters. The molecule has 0 fully saturated rings. The van der Waals surface area contributed by atoms with E-state index in [-0.39, 0.29) is 12.0 Å². The minimum absolute atomic E-state index is 0.0904. The first-order valence-electron chi connectivity index (χ1n) is 9.10. The average molecular weight is 375 g/mol. The summed E-state index contributed by atoms with van der Waals surface area (Å²) in [6.07, 6.45) is 0. The van der Waals surface area contributed by atoms with Crippen LogP contribution in [0.2, 0.25) is 5.02 Å². The molecule has 1 aliphatic heterocycles. The number of aromatic amines is 1. The molecule has 0 saturated heterocycles. The van der Waals surface area contributed by atoms with E-state index >= 15 is 0 Å². The van der Waals surface area contributed by atoms with E-state index in [9.17, 15) is 5.11 Å². The van der Waals surface area contributed by atoms with E-state index in [1.54, 1.807) is 6.07 Å². The third-order valence-corrected chi connectivity index (χ3v) is 5.81. The Balaban J connectivity index is 1.75. The van der Waals surface area contributed by atoms with E-state index in [0.717, 1.165) is 33.9 Å². The highest BCUT2D eigenvalue weighted by Crippen LogP contribution is 2.44. The largest absolute Gasteiger partial charge is 0.508 e. The molecule has 1 aromatic heterocycles. The molecule has 134 valence electrons. The quantitative estimate of drug-likeness (QED) is 0.443. The van der Waals surface area contributed by atoms with Crippen LogP contribution in [0.4, 0.5) is 0 Å². The number of hydrogen-bond donors (Lipinski definition) is 3. The summed E-state index contributed by atoms with van der Waals surface area (Å²) in [5.74, 6) is 0.447. The third-order valence-electron chi connectivity index (χ3n) is 5.47. The van der Waals surface area contributed by atoms with Gasteiger partial charge in [0.15, 0.2) is 0 Å². The van der Waals surface area contributed by atoms with E-state index in [4.69, 9.17) is 11.6 Å². The highest BCUT2D eigenvalue weighted by Gasteiger charge is 2.33. The van der Waals surface area contributed by atoms with Gasteiger partial charge in [-0.25, -0.2) is 0 Å². The second kappa shape index (κ2) is 6.45. The van der Waals surface area contributed by atoms with Gasteiger partial charge in [-0.2, -0.15) is 0 Å². The van der Waals surface area contributed by atoms with Crippen molar-refractivity contribution in [3.8, 4) is 5.75 Å². The number of aromatic nitrogens is 1. The summed E-state index contributed by atoms with van der Waals surface area (Å²) < 4.78 is 0. The van der Waals surface area contributed by atoms with Gasteiger partial charge in [-0.05, 0) is 29.3 Å². The molecule has 0 saturated carbocycles. The summed E-state index contributed by atoms with van der Waals surface area (Å²) in [7, 11) is 0. The van der Waals surface area contributed by atoms with Crippen molar-refractivity contribution in [1.82, 2.24) is 10.3 Å². The lowest BCUT2D eigenvalue weighted by Gasteiger charge is -2.32. The van der Waals surface area contributed by atoms with Gasteiger partial charge in [0.2, 0.25) is 0 Å². The standard InChI is InChI=1S/C23H19ClN2O/c24-18-10-4-1-7-14(18)17-13-25-22(16-9-3-6-12-20(16)27)23-21(17)15-8-2-5-11-19(15)26-23/h1-12,17,22,25-27H,13H2. The zero-order valence-electron chi connectivity index (χ0n) is 14.6. The number of fused-ring (bicyclic) bond motifs is 3. The van der Waals surface area contributed by atoms with Gasteiger partial charge in [0.25, 0.3) is 0 Å². The minimum atomic E-state index is -0.0904. The summed E-state index contributed by atoms with van der Waals surface area (Å²) in [4.78, 5) is 3.59. The zero-order chi connectivity index (χ0) is 18.4. The van der Waals surface area contributed by atoms with Crippen LogP contribution in [0.25, 0.3) is 10.9 Å². The number of para-hydroxylation sites is 2. The van der Waals surface area contributed by atoms with Crippen molar-refractivity contribution in [1.29, 1.82) is 0 Å². The van der Waals surface area contributed by atoms with Crippen LogP contribution in [0.3, 0.4) is 0 Å². The van der Waals surface area contributed by atoms with E-state index < -0.39 is 0 Å². The van der Waals surface area contributed by atoms with Crippen molar-refractivity contribution < 1.29 is 5.11 Å². The number of hydrogen-bond acceptors (Lipinski definition) is 2. The molecular formula is C23H19ClN2O. The molecule has 3 aromatic carbocycles. The molecule has 2 atom stereocenters. The number of benzene rings is 3. The number of phenols is 1. The lowest BCUT2D eigenvalue weighted by Crippen LogP contribution is -2.34. The predicted octanol–water partition coefficient (Wildman–Crippen LogP) is 5.35. The molecule has 4 aromatic rings. The number of phenolic OH excluding ortho intramolecular Hbond substituents is 1. The molecule has 0 amide bonds. The van der Waals surface area contributed by atoms with Gasteiger partial charge in [-0.3, -0.25) is 0 Å². The Morgan fingerprint density at radius 3 is 2.37 bits per heavy atom. The normalized spacial score (nSPS) is 19.1. The van der Waals surface area contributed by atoms with Crippen LogP contribution < -0.4 is 5.32 Å². The molecule has 0 bridgehead atoms. The van der Waals surface area contributed by atoms with Crippen molar-refractivity contribution in [2.75, 3.05) is 6.54 Å². The molecule has 4 heteroatoms. The van der Waals surface area contributed by atoms with Crippen LogP contribution in [0.15, 0.2) is 72.8 Å². The number of rotatable bonds is 2. The van der Waals surface area contributed by atoms with Crippen molar-refractivity contribution >= 4 is 22.5 Å². The summed E-state index contributed by atoms with van der Waals surface area (Å²) in [6, 6.07) is 23.8. The van der Waals surface area contributed by atoms with Gasteiger partial charge < -0.3 is 15.4 Å². The fraction of sp³-hybridized carbons (Fsp3) is 0.130.